The van der Waals surface area contributed by atoms with Crippen LogP contribution < -0.4 is 0 Å². The van der Waals surface area contributed by atoms with Gasteiger partial charge in [-0.1, -0.05) is 31.4 Å². The number of phenols is 1. The molecule has 2 heteroatoms. The third-order valence-electron chi connectivity index (χ3n) is 3.31. The number of rotatable bonds is 3. The summed E-state index contributed by atoms with van der Waals surface area (Å²) in [4.78, 5) is 0. The fraction of sp³-hybridized carbons (Fsp3) is 0.571. The SMILES string of the molecule is CC(OC1CCCCC1)c1ccc(O)cc1. The fourth-order valence-electron chi connectivity index (χ4n) is 2.31. The molecule has 0 bridgehead atoms. The second kappa shape index (κ2) is 5.35. The van der Waals surface area contributed by atoms with Crippen LogP contribution in [0.25, 0.3) is 0 Å². The summed E-state index contributed by atoms with van der Waals surface area (Å²) in [6.07, 6.45) is 6.90. The molecule has 2 rings (SSSR count). The number of ether oxygens (including phenoxy) is 1. The van der Waals surface area contributed by atoms with E-state index in [9.17, 15) is 5.11 Å². The molecule has 1 fully saturated rings. The van der Waals surface area contributed by atoms with Crippen molar-refractivity contribution in [1.29, 1.82) is 0 Å². The van der Waals surface area contributed by atoms with Gasteiger partial charge in [-0.3, -0.25) is 0 Å². The molecule has 1 aliphatic carbocycles. The normalized spacial score (nSPS) is 19.6. The highest BCUT2D eigenvalue weighted by molar-refractivity contribution is 5.27. The van der Waals surface area contributed by atoms with Gasteiger partial charge in [0.15, 0.2) is 0 Å². The highest BCUT2D eigenvalue weighted by Crippen LogP contribution is 2.27. The van der Waals surface area contributed by atoms with Crippen molar-refractivity contribution in [2.75, 3.05) is 0 Å². The Labute approximate surface area is 97.3 Å². The van der Waals surface area contributed by atoms with Gasteiger partial charge in [-0.05, 0) is 37.5 Å². The third-order valence-corrected chi connectivity index (χ3v) is 3.31. The highest BCUT2D eigenvalue weighted by Gasteiger charge is 2.17. The molecule has 0 aliphatic heterocycles. The first-order valence-electron chi connectivity index (χ1n) is 6.20. The monoisotopic (exact) mass is 220 g/mol. The van der Waals surface area contributed by atoms with Crippen molar-refractivity contribution in [3.05, 3.63) is 29.8 Å². The van der Waals surface area contributed by atoms with Crippen LogP contribution in [0.2, 0.25) is 0 Å². The lowest BCUT2D eigenvalue weighted by molar-refractivity contribution is -0.0222. The molecular weight excluding hydrogens is 200 g/mol. The molecule has 1 N–H and O–H groups in total. The summed E-state index contributed by atoms with van der Waals surface area (Å²) in [5, 5.41) is 9.22. The average molecular weight is 220 g/mol. The molecule has 0 amide bonds. The Kier molecular flexibility index (Phi) is 3.83. The summed E-state index contributed by atoms with van der Waals surface area (Å²) in [6, 6.07) is 7.30. The van der Waals surface area contributed by atoms with E-state index < -0.39 is 0 Å². The van der Waals surface area contributed by atoms with Crippen molar-refractivity contribution >= 4 is 0 Å². The predicted molar refractivity (Wildman–Crippen MR) is 64.5 cm³/mol. The minimum absolute atomic E-state index is 0.128. The van der Waals surface area contributed by atoms with Gasteiger partial charge >= 0.3 is 0 Å². The van der Waals surface area contributed by atoms with Crippen LogP contribution in [-0.2, 0) is 4.74 Å². The summed E-state index contributed by atoms with van der Waals surface area (Å²) in [5.41, 5.74) is 1.14. The quantitative estimate of drug-likeness (QED) is 0.839. The first-order valence-corrected chi connectivity index (χ1v) is 6.20. The van der Waals surface area contributed by atoms with Gasteiger partial charge in [0.25, 0.3) is 0 Å². The standard InChI is InChI=1S/C14H20O2/c1-11(12-7-9-13(15)10-8-12)16-14-5-3-2-4-6-14/h7-11,14-15H,2-6H2,1H3. The van der Waals surface area contributed by atoms with Crippen LogP contribution >= 0.6 is 0 Å². The van der Waals surface area contributed by atoms with Gasteiger partial charge in [0.05, 0.1) is 12.2 Å². The van der Waals surface area contributed by atoms with E-state index in [4.69, 9.17) is 4.74 Å². The average Bonchev–Trinajstić information content (AvgIpc) is 2.31. The second-order valence-electron chi connectivity index (χ2n) is 4.63. The zero-order valence-corrected chi connectivity index (χ0v) is 9.86. The zero-order valence-electron chi connectivity index (χ0n) is 9.86. The minimum atomic E-state index is 0.128. The fourth-order valence-corrected chi connectivity index (χ4v) is 2.31. The summed E-state index contributed by atoms with van der Waals surface area (Å²) in [5.74, 6) is 0.314. The Balaban J connectivity index is 1.91. The molecule has 1 aromatic carbocycles. The molecule has 1 saturated carbocycles. The van der Waals surface area contributed by atoms with Gasteiger partial charge < -0.3 is 9.84 Å². The Morgan fingerprint density at radius 2 is 1.75 bits per heavy atom. The molecule has 0 saturated heterocycles. The molecular formula is C14H20O2. The van der Waals surface area contributed by atoms with Crippen LogP contribution in [-0.4, -0.2) is 11.2 Å². The Morgan fingerprint density at radius 1 is 1.12 bits per heavy atom. The molecule has 1 unspecified atom stereocenters. The van der Waals surface area contributed by atoms with E-state index >= 15 is 0 Å². The molecule has 0 spiro atoms. The van der Waals surface area contributed by atoms with E-state index in [1.807, 2.05) is 12.1 Å². The number of benzene rings is 1. The van der Waals surface area contributed by atoms with E-state index in [0.717, 1.165) is 5.56 Å². The van der Waals surface area contributed by atoms with Gasteiger partial charge in [-0.25, -0.2) is 0 Å². The molecule has 1 atom stereocenters. The number of aromatic hydroxyl groups is 1. The van der Waals surface area contributed by atoms with Crippen LogP contribution in [0.4, 0.5) is 0 Å². The minimum Gasteiger partial charge on any atom is -0.508 e. The highest BCUT2D eigenvalue weighted by atomic mass is 16.5. The summed E-state index contributed by atoms with van der Waals surface area (Å²) in [6.45, 7) is 2.08. The first-order chi connectivity index (χ1) is 7.75. The van der Waals surface area contributed by atoms with Gasteiger partial charge in [0.1, 0.15) is 5.75 Å². The Hall–Kier alpha value is -1.02. The van der Waals surface area contributed by atoms with Gasteiger partial charge in [-0.15, -0.1) is 0 Å². The van der Waals surface area contributed by atoms with Crippen molar-refractivity contribution in [2.45, 2.75) is 51.2 Å². The number of phenolic OH excluding ortho intramolecular Hbond substituents is 1. The van der Waals surface area contributed by atoms with Crippen LogP contribution in [0.5, 0.6) is 5.75 Å². The Morgan fingerprint density at radius 3 is 2.38 bits per heavy atom. The summed E-state index contributed by atoms with van der Waals surface area (Å²) >= 11 is 0. The van der Waals surface area contributed by atoms with Gasteiger partial charge in [0.2, 0.25) is 0 Å². The predicted octanol–water partition coefficient (Wildman–Crippen LogP) is 3.80. The molecule has 88 valence electrons. The van der Waals surface area contributed by atoms with Gasteiger partial charge in [-0.2, -0.15) is 0 Å². The lowest BCUT2D eigenvalue weighted by Gasteiger charge is -2.26. The summed E-state index contributed by atoms with van der Waals surface area (Å²) in [7, 11) is 0. The maximum Gasteiger partial charge on any atom is 0.115 e. The maximum absolute atomic E-state index is 9.22. The van der Waals surface area contributed by atoms with Crippen molar-refractivity contribution < 1.29 is 9.84 Å². The third kappa shape index (κ3) is 2.99. The van der Waals surface area contributed by atoms with E-state index in [2.05, 4.69) is 6.92 Å². The molecule has 2 nitrogen and oxygen atoms in total. The van der Waals surface area contributed by atoms with Crippen LogP contribution in [0, 0.1) is 0 Å². The van der Waals surface area contributed by atoms with Gasteiger partial charge in [0, 0.05) is 0 Å². The van der Waals surface area contributed by atoms with Crippen LogP contribution in [0.15, 0.2) is 24.3 Å². The lowest BCUT2D eigenvalue weighted by Crippen LogP contribution is -2.18. The van der Waals surface area contributed by atoms with Crippen molar-refractivity contribution in [3.8, 4) is 5.75 Å². The molecule has 16 heavy (non-hydrogen) atoms. The molecule has 0 aromatic heterocycles. The van der Waals surface area contributed by atoms with E-state index in [1.165, 1.54) is 32.1 Å². The van der Waals surface area contributed by atoms with Crippen molar-refractivity contribution in [3.63, 3.8) is 0 Å². The summed E-state index contributed by atoms with van der Waals surface area (Å²) < 4.78 is 6.04. The lowest BCUT2D eigenvalue weighted by atomic mass is 9.97. The Bertz CT molecular complexity index is 312. The number of hydrogen-bond donors (Lipinski definition) is 1. The molecule has 1 aromatic rings. The molecule has 0 heterocycles. The zero-order chi connectivity index (χ0) is 11.4. The topological polar surface area (TPSA) is 29.5 Å². The number of hydrogen-bond acceptors (Lipinski definition) is 2. The van der Waals surface area contributed by atoms with Crippen LogP contribution in [0.3, 0.4) is 0 Å². The van der Waals surface area contributed by atoms with E-state index in [0.29, 0.717) is 11.9 Å². The van der Waals surface area contributed by atoms with E-state index in [1.54, 1.807) is 12.1 Å². The van der Waals surface area contributed by atoms with Crippen molar-refractivity contribution in [2.24, 2.45) is 0 Å². The first kappa shape index (κ1) is 11.5. The smallest absolute Gasteiger partial charge is 0.115 e. The maximum atomic E-state index is 9.22. The molecule has 1 aliphatic rings. The van der Waals surface area contributed by atoms with Crippen molar-refractivity contribution in [1.82, 2.24) is 0 Å². The largest absolute Gasteiger partial charge is 0.508 e. The van der Waals surface area contributed by atoms with E-state index in [-0.39, 0.29) is 6.10 Å². The molecule has 0 radical (unpaired) electrons. The van der Waals surface area contributed by atoms with Crippen LogP contribution in [0.1, 0.15) is 50.7 Å². The second-order valence-corrected chi connectivity index (χ2v) is 4.63.